The van der Waals surface area contributed by atoms with Gasteiger partial charge in [0.1, 0.15) is 6.79 Å². The number of nitro benzene ring substituents is 1. The average Bonchev–Trinajstić information content (AvgIpc) is 2.58. The Bertz CT molecular complexity index is 629. The summed E-state index contributed by atoms with van der Waals surface area (Å²) in [7, 11) is 0. The van der Waals surface area contributed by atoms with Crippen molar-refractivity contribution in [3.63, 3.8) is 0 Å². The van der Waals surface area contributed by atoms with Crippen LogP contribution in [0, 0.1) is 10.1 Å². The fraction of sp³-hybridized carbons (Fsp3) is 0.375. The Kier molecular flexibility index (Phi) is 8.24. The molecule has 0 radical (unpaired) electrons. The molecular formula is C16H21N3O6. The van der Waals surface area contributed by atoms with Crippen molar-refractivity contribution in [1.82, 2.24) is 5.32 Å². The van der Waals surface area contributed by atoms with Crippen molar-refractivity contribution < 1.29 is 24.0 Å². The minimum absolute atomic E-state index is 0.0451. The van der Waals surface area contributed by atoms with E-state index in [9.17, 15) is 19.7 Å². The van der Waals surface area contributed by atoms with Crippen LogP contribution >= 0.6 is 0 Å². The molecular weight excluding hydrogens is 330 g/mol. The van der Waals surface area contributed by atoms with E-state index in [-0.39, 0.29) is 36.6 Å². The van der Waals surface area contributed by atoms with E-state index < -0.39 is 22.8 Å². The summed E-state index contributed by atoms with van der Waals surface area (Å²) in [6, 6.07) is 4.60. The molecule has 1 aromatic rings. The number of nitrogens with zero attached hydrogens (tertiary/aromatic N) is 1. The normalized spacial score (nSPS) is 11.6. The third-order valence-corrected chi connectivity index (χ3v) is 3.21. The molecule has 3 N–H and O–H groups in total. The fourth-order valence-electron chi connectivity index (χ4n) is 1.89. The van der Waals surface area contributed by atoms with Crippen molar-refractivity contribution in [2.24, 2.45) is 5.73 Å². The van der Waals surface area contributed by atoms with E-state index >= 15 is 0 Å². The zero-order chi connectivity index (χ0) is 18.8. The molecule has 0 aliphatic heterocycles. The first-order chi connectivity index (χ1) is 11.8. The van der Waals surface area contributed by atoms with Gasteiger partial charge in [0.15, 0.2) is 0 Å². The van der Waals surface area contributed by atoms with E-state index in [1.807, 2.05) is 6.92 Å². The summed E-state index contributed by atoms with van der Waals surface area (Å²) in [4.78, 5) is 33.5. The maximum atomic E-state index is 12.3. The highest BCUT2D eigenvalue weighted by atomic mass is 16.7. The summed E-state index contributed by atoms with van der Waals surface area (Å²) in [5.41, 5.74) is 5.44. The number of hydrogen-bond donors (Lipinski definition) is 2. The Labute approximate surface area is 144 Å². The van der Waals surface area contributed by atoms with E-state index in [4.69, 9.17) is 15.2 Å². The third-order valence-electron chi connectivity index (χ3n) is 3.21. The lowest BCUT2D eigenvalue weighted by atomic mass is 10.1. The summed E-state index contributed by atoms with van der Waals surface area (Å²) in [6.45, 7) is 5.99. The number of non-ortho nitro benzene ring substituents is 1. The van der Waals surface area contributed by atoms with Crippen molar-refractivity contribution >= 4 is 17.5 Å². The maximum absolute atomic E-state index is 12.3. The number of nitro groups is 1. The summed E-state index contributed by atoms with van der Waals surface area (Å²) in [5.74, 6) is -1.13. The van der Waals surface area contributed by atoms with Crippen LogP contribution in [0.15, 0.2) is 36.4 Å². The molecule has 0 aliphatic rings. The lowest BCUT2D eigenvalue weighted by molar-refractivity contribution is -0.384. The van der Waals surface area contributed by atoms with Crippen LogP contribution in [0.3, 0.4) is 0 Å². The molecule has 1 rings (SSSR count). The second-order valence-corrected chi connectivity index (χ2v) is 5.13. The second-order valence-electron chi connectivity index (χ2n) is 5.13. The van der Waals surface area contributed by atoms with Gasteiger partial charge in [-0.25, -0.2) is 0 Å². The topological polar surface area (TPSA) is 134 Å². The zero-order valence-corrected chi connectivity index (χ0v) is 13.9. The number of carbonyl (C=O) groups excluding carboxylic acids is 2. The molecule has 0 fully saturated rings. The molecule has 9 nitrogen and oxygen atoms in total. The van der Waals surface area contributed by atoms with Crippen molar-refractivity contribution in [2.45, 2.75) is 19.4 Å². The highest BCUT2D eigenvalue weighted by Gasteiger charge is 2.18. The number of rotatable bonds is 11. The molecule has 0 aliphatic carbocycles. The molecule has 0 aromatic heterocycles. The van der Waals surface area contributed by atoms with Crippen molar-refractivity contribution in [2.75, 3.05) is 20.0 Å². The molecule has 9 heteroatoms. The molecule has 136 valence electrons. The fourth-order valence-corrected chi connectivity index (χ4v) is 1.89. The standard InChI is InChI=1S/C16H21N3O6/c1-3-24-10-25-9-13(8-11(2)15(17)20)18-16(21)12-4-6-14(7-5-12)19(22)23/h4-7,13H,2-3,8-10H2,1H3,(H2,17,20)(H,18,21)/t13-/m0/s1. The van der Waals surface area contributed by atoms with Crippen LogP contribution in [0.5, 0.6) is 0 Å². The number of carbonyl (C=O) groups is 2. The van der Waals surface area contributed by atoms with Gasteiger partial charge in [0, 0.05) is 29.9 Å². The lowest BCUT2D eigenvalue weighted by Gasteiger charge is -2.19. The van der Waals surface area contributed by atoms with Gasteiger partial charge in [0.2, 0.25) is 5.91 Å². The number of ether oxygens (including phenoxy) is 2. The largest absolute Gasteiger partial charge is 0.366 e. The number of nitrogens with two attached hydrogens (primary N) is 1. The van der Waals surface area contributed by atoms with Crippen LogP contribution in [0.4, 0.5) is 5.69 Å². The molecule has 0 heterocycles. The molecule has 0 unspecified atom stereocenters. The smallest absolute Gasteiger partial charge is 0.269 e. The Morgan fingerprint density at radius 1 is 1.32 bits per heavy atom. The van der Waals surface area contributed by atoms with Crippen LogP contribution in [0.1, 0.15) is 23.7 Å². The highest BCUT2D eigenvalue weighted by Crippen LogP contribution is 2.12. The minimum atomic E-state index is -0.667. The molecule has 0 saturated carbocycles. The SMILES string of the molecule is C=C(C[C@@H](COCOCC)NC(=O)c1ccc([N+](=O)[O-])cc1)C(N)=O. The number of hydrogen-bond acceptors (Lipinski definition) is 6. The van der Waals surface area contributed by atoms with E-state index in [0.29, 0.717) is 6.61 Å². The predicted molar refractivity (Wildman–Crippen MR) is 89.7 cm³/mol. The summed E-state index contributed by atoms with van der Waals surface area (Å²) >= 11 is 0. The first-order valence-electron chi connectivity index (χ1n) is 7.53. The quantitative estimate of drug-likeness (QED) is 0.202. The number of primary amides is 1. The maximum Gasteiger partial charge on any atom is 0.269 e. The summed E-state index contributed by atoms with van der Waals surface area (Å²) in [5, 5.41) is 13.3. The minimum Gasteiger partial charge on any atom is -0.366 e. The lowest BCUT2D eigenvalue weighted by Crippen LogP contribution is -2.39. The van der Waals surface area contributed by atoms with Crippen LogP contribution in [-0.4, -0.2) is 42.8 Å². The van der Waals surface area contributed by atoms with Gasteiger partial charge in [-0.2, -0.15) is 0 Å². The van der Waals surface area contributed by atoms with Crippen molar-refractivity contribution in [3.05, 3.63) is 52.1 Å². The Morgan fingerprint density at radius 2 is 1.96 bits per heavy atom. The van der Waals surface area contributed by atoms with Gasteiger partial charge in [-0.05, 0) is 25.5 Å². The molecule has 2 amide bonds. The van der Waals surface area contributed by atoms with E-state index in [0.717, 1.165) is 0 Å². The highest BCUT2D eigenvalue weighted by molar-refractivity contribution is 5.95. The molecule has 0 spiro atoms. The van der Waals surface area contributed by atoms with Gasteiger partial charge in [-0.15, -0.1) is 0 Å². The zero-order valence-electron chi connectivity index (χ0n) is 13.9. The second kappa shape index (κ2) is 10.2. The van der Waals surface area contributed by atoms with Gasteiger partial charge < -0.3 is 20.5 Å². The first kappa shape index (κ1) is 20.3. The number of nitrogens with one attached hydrogen (secondary N) is 1. The van der Waals surface area contributed by atoms with Gasteiger partial charge in [0.25, 0.3) is 11.6 Å². The number of amides is 2. The van der Waals surface area contributed by atoms with Gasteiger partial charge in [-0.3, -0.25) is 19.7 Å². The molecule has 0 saturated heterocycles. The van der Waals surface area contributed by atoms with Crippen LogP contribution in [0.2, 0.25) is 0 Å². The third kappa shape index (κ3) is 7.10. The van der Waals surface area contributed by atoms with Crippen molar-refractivity contribution in [1.29, 1.82) is 0 Å². The molecule has 1 atom stereocenters. The average molecular weight is 351 g/mol. The molecule has 25 heavy (non-hydrogen) atoms. The Hall–Kier alpha value is -2.78. The summed E-state index contributed by atoms with van der Waals surface area (Å²) < 4.78 is 10.3. The van der Waals surface area contributed by atoms with E-state index in [2.05, 4.69) is 11.9 Å². The van der Waals surface area contributed by atoms with Crippen LogP contribution < -0.4 is 11.1 Å². The van der Waals surface area contributed by atoms with Crippen molar-refractivity contribution in [3.8, 4) is 0 Å². The van der Waals surface area contributed by atoms with Gasteiger partial charge >= 0.3 is 0 Å². The van der Waals surface area contributed by atoms with E-state index in [1.54, 1.807) is 0 Å². The van der Waals surface area contributed by atoms with Crippen LogP contribution in [0.25, 0.3) is 0 Å². The Morgan fingerprint density at radius 3 is 2.48 bits per heavy atom. The Balaban J connectivity index is 2.72. The molecule has 0 bridgehead atoms. The van der Waals surface area contributed by atoms with Gasteiger partial charge in [0.05, 0.1) is 17.6 Å². The molecule has 1 aromatic carbocycles. The van der Waals surface area contributed by atoms with E-state index in [1.165, 1.54) is 24.3 Å². The monoisotopic (exact) mass is 351 g/mol. The number of benzene rings is 1. The van der Waals surface area contributed by atoms with Crippen LogP contribution in [-0.2, 0) is 14.3 Å². The predicted octanol–water partition coefficient (Wildman–Crippen LogP) is 1.14. The van der Waals surface area contributed by atoms with Gasteiger partial charge in [-0.1, -0.05) is 6.58 Å². The summed E-state index contributed by atoms with van der Waals surface area (Å²) in [6.07, 6.45) is 0.111. The first-order valence-corrected chi connectivity index (χ1v) is 7.53.